The monoisotopic (exact) mass is 427 g/mol. The highest BCUT2D eigenvalue weighted by atomic mass is 35.5. The van der Waals surface area contributed by atoms with E-state index >= 15 is 0 Å². The van der Waals surface area contributed by atoms with E-state index < -0.39 is 40.6 Å². The van der Waals surface area contributed by atoms with Gasteiger partial charge >= 0.3 is 0 Å². The van der Waals surface area contributed by atoms with E-state index in [1.807, 2.05) is 6.07 Å². The number of allylic oxidation sites excluding steroid dienone is 1. The fourth-order valence-corrected chi connectivity index (χ4v) is 4.59. The summed E-state index contributed by atoms with van der Waals surface area (Å²) in [6, 6.07) is 8.53. The lowest BCUT2D eigenvalue weighted by atomic mass is 9.55. The second kappa shape index (κ2) is 8.01. The number of aliphatic carboxylic acids is 2. The van der Waals surface area contributed by atoms with Crippen LogP contribution in [0.2, 0.25) is 5.02 Å². The van der Waals surface area contributed by atoms with E-state index in [0.717, 1.165) is 0 Å². The third kappa shape index (κ3) is 3.40. The Morgan fingerprint density at radius 3 is 2.37 bits per heavy atom. The predicted octanol–water partition coefficient (Wildman–Crippen LogP) is 1.23. The molecule has 7 nitrogen and oxygen atoms in total. The maximum absolute atomic E-state index is 12.5. The second-order valence-corrected chi connectivity index (χ2v) is 8.70. The van der Waals surface area contributed by atoms with Crippen molar-refractivity contribution in [2.75, 3.05) is 0 Å². The first-order valence-corrected chi connectivity index (χ1v) is 9.72. The normalized spacial score (nSPS) is 24.9. The number of carbonyl (C=O) groups excluding carboxylic acids is 2. The quantitative estimate of drug-likeness (QED) is 0.745. The number of carboxylic acids is 2. The van der Waals surface area contributed by atoms with Gasteiger partial charge in [0, 0.05) is 40.0 Å². The zero-order chi connectivity index (χ0) is 23.0. The molecule has 1 heterocycles. The molecule has 4 unspecified atom stereocenters. The molecule has 30 heavy (non-hydrogen) atoms. The standard InChI is InChI=1S/C22H24ClN3O4/c1-11(9-24)21(3,4)22(5)17(20(29)30)16(15(19(27)28)12(2)26-22)14-8-6-7-13(10-25)18(14)23/h6-8,11,16-17,26H,1-5H3,(H,27,28)(H,29,30)/p-2. The van der Waals surface area contributed by atoms with Gasteiger partial charge in [0.15, 0.2) is 0 Å². The minimum absolute atomic E-state index is 0.0295. The fourth-order valence-electron chi connectivity index (χ4n) is 4.30. The van der Waals surface area contributed by atoms with Gasteiger partial charge in [0.1, 0.15) is 6.07 Å². The highest BCUT2D eigenvalue weighted by Gasteiger charge is 2.56. The Bertz CT molecular complexity index is 1020. The molecule has 0 bridgehead atoms. The summed E-state index contributed by atoms with van der Waals surface area (Å²) in [5.74, 6) is -6.32. The minimum Gasteiger partial charge on any atom is -0.550 e. The van der Waals surface area contributed by atoms with Crippen molar-refractivity contribution in [3.05, 3.63) is 45.6 Å². The topological polar surface area (TPSA) is 140 Å². The molecule has 0 saturated heterocycles. The molecule has 0 amide bonds. The lowest BCUT2D eigenvalue weighted by Gasteiger charge is -2.57. The van der Waals surface area contributed by atoms with Crippen molar-refractivity contribution < 1.29 is 19.8 Å². The van der Waals surface area contributed by atoms with Crippen LogP contribution >= 0.6 is 11.6 Å². The number of rotatable bonds is 5. The molecule has 0 spiro atoms. The van der Waals surface area contributed by atoms with Gasteiger partial charge in [-0.1, -0.05) is 37.6 Å². The SMILES string of the molecule is CC1=C(C(=O)[O-])C(c2cccc(C#N)c2Cl)C(C(=O)[O-])C(C)(C(C)(C)C(C)C#N)N1. The fraction of sp³-hybridized carbons (Fsp3) is 0.455. The molecule has 158 valence electrons. The maximum Gasteiger partial charge on any atom is 0.101 e. The Hall–Kier alpha value is -3.03. The largest absolute Gasteiger partial charge is 0.550 e. The first-order chi connectivity index (χ1) is 13.8. The molecule has 2 rings (SSSR count). The third-order valence-corrected chi connectivity index (χ3v) is 7.11. The zero-order valence-electron chi connectivity index (χ0n) is 17.4. The number of carbonyl (C=O) groups is 2. The highest BCUT2D eigenvalue weighted by molar-refractivity contribution is 6.32. The van der Waals surface area contributed by atoms with Crippen LogP contribution in [0.25, 0.3) is 0 Å². The Labute approximate surface area is 180 Å². The smallest absolute Gasteiger partial charge is 0.101 e. The van der Waals surface area contributed by atoms with E-state index in [2.05, 4.69) is 11.4 Å². The third-order valence-electron chi connectivity index (χ3n) is 6.69. The Morgan fingerprint density at radius 2 is 1.90 bits per heavy atom. The summed E-state index contributed by atoms with van der Waals surface area (Å²) in [7, 11) is 0. The number of benzene rings is 1. The van der Waals surface area contributed by atoms with Crippen LogP contribution in [0.5, 0.6) is 0 Å². The second-order valence-electron chi connectivity index (χ2n) is 8.32. The molecule has 1 aliphatic rings. The van der Waals surface area contributed by atoms with E-state index in [-0.39, 0.29) is 27.4 Å². The van der Waals surface area contributed by atoms with E-state index in [1.54, 1.807) is 27.7 Å². The number of halogens is 1. The molecule has 8 heteroatoms. The van der Waals surface area contributed by atoms with Crippen LogP contribution in [0, 0.1) is 39.9 Å². The van der Waals surface area contributed by atoms with Gasteiger partial charge < -0.3 is 25.1 Å². The predicted molar refractivity (Wildman–Crippen MR) is 105 cm³/mol. The van der Waals surface area contributed by atoms with Gasteiger partial charge in [-0.15, -0.1) is 0 Å². The molecule has 1 aromatic carbocycles. The maximum atomic E-state index is 12.5. The van der Waals surface area contributed by atoms with Gasteiger partial charge in [0.25, 0.3) is 0 Å². The molecule has 1 aliphatic heterocycles. The Kier molecular flexibility index (Phi) is 6.21. The summed E-state index contributed by atoms with van der Waals surface area (Å²) in [5.41, 5.74) is -2.03. The van der Waals surface area contributed by atoms with Crippen LogP contribution in [-0.4, -0.2) is 17.5 Å². The molecule has 4 atom stereocenters. The highest BCUT2D eigenvalue weighted by Crippen LogP contribution is 2.53. The number of nitriles is 2. The number of carboxylic acid groups (broad SMARTS) is 2. The van der Waals surface area contributed by atoms with Crippen LogP contribution in [0.1, 0.15) is 51.7 Å². The van der Waals surface area contributed by atoms with Crippen LogP contribution in [-0.2, 0) is 9.59 Å². The lowest BCUT2D eigenvalue weighted by Crippen LogP contribution is -2.68. The molecule has 1 N–H and O–H groups in total. The number of nitrogens with one attached hydrogen (secondary N) is 1. The zero-order valence-corrected chi connectivity index (χ0v) is 18.1. The van der Waals surface area contributed by atoms with Gasteiger partial charge in [-0.05, 0) is 32.4 Å². The lowest BCUT2D eigenvalue weighted by molar-refractivity contribution is -0.317. The number of hydrogen-bond acceptors (Lipinski definition) is 7. The molecule has 0 aromatic heterocycles. The van der Waals surface area contributed by atoms with Crippen molar-refractivity contribution in [1.82, 2.24) is 5.32 Å². The van der Waals surface area contributed by atoms with Crippen molar-refractivity contribution >= 4 is 23.5 Å². The molecule has 0 fully saturated rings. The summed E-state index contributed by atoms with van der Waals surface area (Å²) < 4.78 is 0. The Morgan fingerprint density at radius 1 is 1.30 bits per heavy atom. The Balaban J connectivity index is 2.94. The average molecular weight is 428 g/mol. The first-order valence-electron chi connectivity index (χ1n) is 9.34. The molecular formula is C22H22ClN3O4-2. The summed E-state index contributed by atoms with van der Waals surface area (Å²) >= 11 is 6.38. The average Bonchev–Trinajstić information content (AvgIpc) is 2.65. The molecule has 1 aromatic rings. The van der Waals surface area contributed by atoms with Crippen LogP contribution in [0.15, 0.2) is 29.5 Å². The van der Waals surface area contributed by atoms with Gasteiger partial charge in [0.05, 0.1) is 28.5 Å². The van der Waals surface area contributed by atoms with E-state index in [9.17, 15) is 30.3 Å². The van der Waals surface area contributed by atoms with Crippen molar-refractivity contribution in [2.45, 2.75) is 46.1 Å². The minimum atomic E-state index is -1.55. The van der Waals surface area contributed by atoms with Crippen molar-refractivity contribution in [1.29, 1.82) is 10.5 Å². The summed E-state index contributed by atoms with van der Waals surface area (Å²) in [5, 5.41) is 46.4. The number of hydrogen-bond donors (Lipinski definition) is 1. The molecule has 0 radical (unpaired) electrons. The molecular weight excluding hydrogens is 406 g/mol. The van der Waals surface area contributed by atoms with Crippen molar-refractivity contribution in [3.63, 3.8) is 0 Å². The van der Waals surface area contributed by atoms with Gasteiger partial charge in [-0.25, -0.2) is 0 Å². The number of nitrogens with zero attached hydrogens (tertiary/aromatic N) is 2. The summed E-state index contributed by atoms with van der Waals surface area (Å²) in [6.45, 7) is 8.30. The van der Waals surface area contributed by atoms with Gasteiger partial charge in [-0.2, -0.15) is 10.5 Å². The van der Waals surface area contributed by atoms with Gasteiger partial charge in [-0.3, -0.25) is 0 Å². The summed E-state index contributed by atoms with van der Waals surface area (Å²) in [4.78, 5) is 24.5. The van der Waals surface area contributed by atoms with Gasteiger partial charge in [0.2, 0.25) is 0 Å². The van der Waals surface area contributed by atoms with E-state index in [1.165, 1.54) is 25.1 Å². The van der Waals surface area contributed by atoms with E-state index in [0.29, 0.717) is 0 Å². The van der Waals surface area contributed by atoms with Crippen LogP contribution < -0.4 is 15.5 Å². The first kappa shape index (κ1) is 23.3. The molecule has 0 aliphatic carbocycles. The summed E-state index contributed by atoms with van der Waals surface area (Å²) in [6.07, 6.45) is 0. The molecule has 0 saturated carbocycles. The van der Waals surface area contributed by atoms with Crippen LogP contribution in [0.4, 0.5) is 0 Å². The van der Waals surface area contributed by atoms with Crippen molar-refractivity contribution in [2.24, 2.45) is 17.3 Å². The van der Waals surface area contributed by atoms with Crippen LogP contribution in [0.3, 0.4) is 0 Å². The van der Waals surface area contributed by atoms with E-state index in [4.69, 9.17) is 11.6 Å². The van der Waals surface area contributed by atoms with Crippen molar-refractivity contribution in [3.8, 4) is 12.1 Å².